The van der Waals surface area contributed by atoms with E-state index in [1.165, 1.54) is 20.2 Å². The van der Waals surface area contributed by atoms with E-state index in [1.54, 1.807) is 0 Å². The second-order valence-corrected chi connectivity index (χ2v) is 5.76. The number of fused-ring (bicyclic) bond motifs is 3. The largest absolute Gasteiger partial charge is 0.510 e. The summed E-state index contributed by atoms with van der Waals surface area (Å²) in [7, 11) is 2.02. The standard InChI is InChI=1S/C16H12N2S.Ir/c1-17-8-9-18(11-17)12-6-7-16-14(10-12)13-4-2-3-5-15(13)19-16;/h2-5,7-11H,1H3;/q-2;. The molecule has 0 fully saturated rings. The van der Waals surface area contributed by atoms with E-state index in [-0.39, 0.29) is 20.1 Å². The molecule has 1 radical (unpaired) electrons. The van der Waals surface area contributed by atoms with Crippen LogP contribution in [0.5, 0.6) is 0 Å². The number of rotatable bonds is 1. The molecule has 20 heavy (non-hydrogen) atoms. The van der Waals surface area contributed by atoms with Gasteiger partial charge in [-0.15, -0.1) is 17.1 Å². The summed E-state index contributed by atoms with van der Waals surface area (Å²) < 4.78 is 2.63. The smallest absolute Gasteiger partial charge is 0.0203 e. The van der Waals surface area contributed by atoms with Crippen molar-refractivity contribution in [3.05, 3.63) is 61.5 Å². The van der Waals surface area contributed by atoms with E-state index < -0.39 is 0 Å². The van der Waals surface area contributed by atoms with E-state index in [1.807, 2.05) is 42.4 Å². The molecule has 0 saturated heterocycles. The van der Waals surface area contributed by atoms with Crippen LogP contribution >= 0.6 is 11.3 Å². The van der Waals surface area contributed by atoms with Crippen LogP contribution in [0.2, 0.25) is 0 Å². The Morgan fingerprint density at radius 2 is 1.95 bits per heavy atom. The van der Waals surface area contributed by atoms with E-state index in [0.717, 1.165) is 5.69 Å². The van der Waals surface area contributed by atoms with Crippen LogP contribution in [0.4, 0.5) is 5.69 Å². The van der Waals surface area contributed by atoms with Gasteiger partial charge < -0.3 is 9.80 Å². The molecule has 2 aromatic carbocycles. The molecule has 4 heteroatoms. The summed E-state index contributed by atoms with van der Waals surface area (Å²) in [4.78, 5) is 4.12. The first kappa shape index (κ1) is 13.6. The Bertz CT molecular complexity index is 793. The Hall–Kier alpha value is -1.35. The van der Waals surface area contributed by atoms with Crippen LogP contribution in [-0.2, 0) is 20.1 Å². The van der Waals surface area contributed by atoms with Gasteiger partial charge in [0.1, 0.15) is 0 Å². The van der Waals surface area contributed by atoms with Crippen molar-refractivity contribution >= 4 is 37.2 Å². The van der Waals surface area contributed by atoms with Crippen LogP contribution in [-0.4, -0.2) is 11.9 Å². The number of hydrogen-bond acceptors (Lipinski definition) is 3. The van der Waals surface area contributed by atoms with Crippen molar-refractivity contribution in [1.82, 2.24) is 4.90 Å². The predicted molar refractivity (Wildman–Crippen MR) is 81.8 cm³/mol. The van der Waals surface area contributed by atoms with Crippen molar-refractivity contribution in [3.8, 4) is 0 Å². The van der Waals surface area contributed by atoms with E-state index >= 15 is 0 Å². The molecular formula is C16H12IrN2S-2. The Labute approximate surface area is 135 Å². The second kappa shape index (κ2) is 5.21. The zero-order valence-corrected chi connectivity index (χ0v) is 14.0. The molecule has 1 aliphatic heterocycles. The Morgan fingerprint density at radius 1 is 1.10 bits per heavy atom. The molecule has 1 aliphatic rings. The van der Waals surface area contributed by atoms with Crippen molar-refractivity contribution in [1.29, 1.82) is 0 Å². The molecule has 0 spiro atoms. The fourth-order valence-electron chi connectivity index (χ4n) is 2.40. The van der Waals surface area contributed by atoms with E-state index in [4.69, 9.17) is 0 Å². The van der Waals surface area contributed by atoms with Crippen LogP contribution in [0.25, 0.3) is 20.2 Å². The molecular weight excluding hydrogens is 444 g/mol. The minimum absolute atomic E-state index is 0. The van der Waals surface area contributed by atoms with Gasteiger partial charge in [0.05, 0.1) is 0 Å². The Kier molecular flexibility index (Phi) is 3.55. The van der Waals surface area contributed by atoms with Gasteiger partial charge in [-0.2, -0.15) is 18.8 Å². The summed E-state index contributed by atoms with van der Waals surface area (Å²) in [5.41, 5.74) is 1.08. The van der Waals surface area contributed by atoms with Gasteiger partial charge in [0.15, 0.2) is 0 Å². The minimum atomic E-state index is 0. The molecule has 1 aromatic heterocycles. The molecule has 3 aromatic rings. The van der Waals surface area contributed by atoms with Crippen molar-refractivity contribution in [2.75, 3.05) is 11.9 Å². The zero-order valence-electron chi connectivity index (χ0n) is 10.8. The molecule has 4 rings (SSSR count). The third-order valence-corrected chi connectivity index (χ3v) is 4.48. The summed E-state index contributed by atoms with van der Waals surface area (Å²) in [6.07, 6.45) is 4.08. The fourth-order valence-corrected chi connectivity index (χ4v) is 3.47. The van der Waals surface area contributed by atoms with Gasteiger partial charge in [-0.05, 0) is 30.9 Å². The summed E-state index contributed by atoms with van der Waals surface area (Å²) in [5.74, 6) is 0. The minimum Gasteiger partial charge on any atom is -0.510 e. The van der Waals surface area contributed by atoms with Crippen LogP contribution in [0.15, 0.2) is 48.8 Å². The van der Waals surface area contributed by atoms with Crippen molar-refractivity contribution in [3.63, 3.8) is 0 Å². The van der Waals surface area contributed by atoms with Gasteiger partial charge in [-0.3, -0.25) is 0 Å². The fraction of sp³-hybridized carbons (Fsp3) is 0.0625. The van der Waals surface area contributed by atoms with Crippen molar-refractivity contribution in [2.24, 2.45) is 0 Å². The summed E-state index contributed by atoms with van der Waals surface area (Å²) in [6.45, 7) is 2.05. The maximum absolute atomic E-state index is 3.36. The average Bonchev–Trinajstić information content (AvgIpc) is 3.01. The van der Waals surface area contributed by atoms with Gasteiger partial charge in [-0.25, -0.2) is 11.3 Å². The summed E-state index contributed by atoms with van der Waals surface area (Å²) >= 11 is 1.83. The van der Waals surface area contributed by atoms with Crippen molar-refractivity contribution in [2.45, 2.75) is 0 Å². The summed E-state index contributed by atoms with van der Waals surface area (Å²) in [5, 5.41) is 2.64. The molecule has 0 bridgehead atoms. The Morgan fingerprint density at radius 3 is 2.75 bits per heavy atom. The molecule has 0 N–H and O–H groups in total. The van der Waals surface area contributed by atoms with Crippen molar-refractivity contribution < 1.29 is 20.1 Å². The third-order valence-electron chi connectivity index (χ3n) is 3.34. The predicted octanol–water partition coefficient (Wildman–Crippen LogP) is 4.19. The molecule has 0 unspecified atom stereocenters. The number of hydrogen-bond donors (Lipinski definition) is 0. The van der Waals surface area contributed by atoms with E-state index in [9.17, 15) is 0 Å². The molecule has 2 nitrogen and oxygen atoms in total. The quantitative estimate of drug-likeness (QED) is 0.507. The monoisotopic (exact) mass is 457 g/mol. The first-order valence-corrected chi connectivity index (χ1v) is 6.99. The van der Waals surface area contributed by atoms with Gasteiger partial charge in [0.25, 0.3) is 0 Å². The SMILES string of the molecule is CN1C=CN(c2[c-]cc3sc4ccccc4c3c2)[CH-]1.[Ir]. The maximum Gasteiger partial charge on any atom is 0.0203 e. The molecule has 0 amide bonds. The van der Waals surface area contributed by atoms with E-state index in [0.29, 0.717) is 0 Å². The van der Waals surface area contributed by atoms with Crippen LogP contribution in [0.1, 0.15) is 0 Å². The van der Waals surface area contributed by atoms with Gasteiger partial charge >= 0.3 is 0 Å². The number of anilines is 1. The number of nitrogens with zero attached hydrogens (tertiary/aromatic N) is 2. The normalized spacial score (nSPS) is 14.2. The molecule has 0 aliphatic carbocycles. The molecule has 2 heterocycles. The molecule has 103 valence electrons. The second-order valence-electron chi connectivity index (χ2n) is 4.68. The number of thiophene rings is 1. The maximum atomic E-state index is 3.36. The molecule has 0 saturated carbocycles. The first-order chi connectivity index (χ1) is 9.31. The van der Waals surface area contributed by atoms with Gasteiger partial charge in [-0.1, -0.05) is 22.9 Å². The first-order valence-electron chi connectivity index (χ1n) is 6.18. The number of benzene rings is 2. The average molecular weight is 457 g/mol. The zero-order chi connectivity index (χ0) is 12.8. The molecule has 0 atom stereocenters. The van der Waals surface area contributed by atoms with Crippen LogP contribution in [0, 0.1) is 12.7 Å². The Balaban J connectivity index is 0.00000121. The third kappa shape index (κ3) is 2.14. The topological polar surface area (TPSA) is 6.48 Å². The summed E-state index contributed by atoms with van der Waals surface area (Å²) in [6, 6.07) is 16.2. The van der Waals surface area contributed by atoms with Crippen LogP contribution < -0.4 is 4.90 Å². The van der Waals surface area contributed by atoms with Crippen LogP contribution in [0.3, 0.4) is 0 Å². The van der Waals surface area contributed by atoms with Gasteiger partial charge in [0, 0.05) is 24.8 Å². The van der Waals surface area contributed by atoms with E-state index in [2.05, 4.69) is 47.4 Å². The van der Waals surface area contributed by atoms with Gasteiger partial charge in [0.2, 0.25) is 0 Å².